The Balaban J connectivity index is 3.35. The zero-order chi connectivity index (χ0) is 10.2. The molecule has 0 bridgehead atoms. The quantitative estimate of drug-likeness (QED) is 0.842. The number of thiophene rings is 1. The monoisotopic (exact) mass is 285 g/mol. The smallest absolute Gasteiger partial charge is 0.345 e. The molecule has 5 nitrogen and oxygen atoms in total. The molecule has 72 valence electrons. The van der Waals surface area contributed by atoms with E-state index in [2.05, 4.69) is 15.9 Å². The van der Waals surface area contributed by atoms with Crippen molar-refractivity contribution in [2.45, 2.75) is 4.21 Å². The molecule has 0 aliphatic carbocycles. The third kappa shape index (κ3) is 2.27. The zero-order valence-corrected chi connectivity index (χ0v) is 9.24. The van der Waals surface area contributed by atoms with Crippen LogP contribution in [0.25, 0.3) is 0 Å². The lowest BCUT2D eigenvalue weighted by Gasteiger charge is -1.90. The van der Waals surface area contributed by atoms with Crippen LogP contribution < -0.4 is 5.14 Å². The standard InChI is InChI=1S/C5H4BrNO4S2/c6-2-1-3(4(8)9)12-5(2)13(7,10)11/h1H,(H,8,9)(H2,7,10,11). The number of halogens is 1. The van der Waals surface area contributed by atoms with Gasteiger partial charge in [-0.15, -0.1) is 11.3 Å². The van der Waals surface area contributed by atoms with E-state index < -0.39 is 16.0 Å². The van der Waals surface area contributed by atoms with Crippen molar-refractivity contribution in [2.24, 2.45) is 5.14 Å². The van der Waals surface area contributed by atoms with Gasteiger partial charge in [0.2, 0.25) is 10.0 Å². The third-order valence-electron chi connectivity index (χ3n) is 1.12. The highest BCUT2D eigenvalue weighted by atomic mass is 79.9. The molecular weight excluding hydrogens is 282 g/mol. The minimum Gasteiger partial charge on any atom is -0.477 e. The summed E-state index contributed by atoms with van der Waals surface area (Å²) < 4.78 is 21.7. The number of carboxylic acids is 1. The predicted octanol–water partition coefficient (Wildman–Crippen LogP) is 0.856. The Bertz CT molecular complexity index is 449. The summed E-state index contributed by atoms with van der Waals surface area (Å²) in [5.41, 5.74) is 0. The number of hydrogen-bond acceptors (Lipinski definition) is 4. The second-order valence-corrected chi connectivity index (χ2v) is 5.76. The molecule has 1 rings (SSSR count). The number of hydrogen-bond donors (Lipinski definition) is 2. The minimum absolute atomic E-state index is 0.0732. The van der Waals surface area contributed by atoms with Crippen molar-refractivity contribution >= 4 is 43.3 Å². The predicted molar refractivity (Wildman–Crippen MR) is 50.4 cm³/mol. The van der Waals surface area contributed by atoms with Gasteiger partial charge in [-0.25, -0.2) is 18.4 Å². The Kier molecular flexibility index (Phi) is 2.76. The van der Waals surface area contributed by atoms with Crippen molar-refractivity contribution < 1.29 is 18.3 Å². The van der Waals surface area contributed by atoms with E-state index in [0.717, 1.165) is 0 Å². The molecule has 1 aromatic rings. The maximum absolute atomic E-state index is 10.9. The van der Waals surface area contributed by atoms with Gasteiger partial charge in [0.25, 0.3) is 0 Å². The second-order valence-electron chi connectivity index (χ2n) is 2.10. The summed E-state index contributed by atoms with van der Waals surface area (Å²) in [7, 11) is -3.84. The molecule has 1 aromatic heterocycles. The van der Waals surface area contributed by atoms with Gasteiger partial charge >= 0.3 is 5.97 Å². The summed E-state index contributed by atoms with van der Waals surface area (Å²) in [5.74, 6) is -1.18. The van der Waals surface area contributed by atoms with E-state index >= 15 is 0 Å². The summed E-state index contributed by atoms with van der Waals surface area (Å²) in [6.07, 6.45) is 0. The number of aromatic carboxylic acids is 1. The molecule has 0 aliphatic heterocycles. The van der Waals surface area contributed by atoms with Crippen LogP contribution in [0, 0.1) is 0 Å². The van der Waals surface area contributed by atoms with Crippen molar-refractivity contribution in [1.29, 1.82) is 0 Å². The van der Waals surface area contributed by atoms with E-state index in [1.807, 2.05) is 0 Å². The van der Waals surface area contributed by atoms with E-state index in [9.17, 15) is 13.2 Å². The molecule has 0 atom stereocenters. The molecule has 13 heavy (non-hydrogen) atoms. The third-order valence-corrected chi connectivity index (χ3v) is 4.88. The fourth-order valence-corrected chi connectivity index (χ4v) is 3.64. The van der Waals surface area contributed by atoms with E-state index in [1.165, 1.54) is 6.07 Å². The van der Waals surface area contributed by atoms with Crippen LogP contribution in [-0.4, -0.2) is 19.5 Å². The van der Waals surface area contributed by atoms with Gasteiger partial charge in [0.15, 0.2) is 0 Å². The lowest BCUT2D eigenvalue weighted by atomic mass is 10.5. The summed E-state index contributed by atoms with van der Waals surface area (Å²) in [5, 5.41) is 13.4. The van der Waals surface area contributed by atoms with Gasteiger partial charge in [-0.2, -0.15) is 0 Å². The van der Waals surface area contributed by atoms with Crippen LogP contribution in [0.4, 0.5) is 0 Å². The topological polar surface area (TPSA) is 97.5 Å². The van der Waals surface area contributed by atoms with Crippen LogP contribution in [0.5, 0.6) is 0 Å². The van der Waals surface area contributed by atoms with E-state index in [4.69, 9.17) is 10.2 Å². The molecular formula is C5H4BrNO4S2. The van der Waals surface area contributed by atoms with Gasteiger partial charge in [-0.1, -0.05) is 0 Å². The number of carboxylic acid groups (broad SMARTS) is 1. The van der Waals surface area contributed by atoms with Crippen molar-refractivity contribution in [2.75, 3.05) is 0 Å². The molecule has 8 heteroatoms. The van der Waals surface area contributed by atoms with Crippen LogP contribution in [0.2, 0.25) is 0 Å². The van der Waals surface area contributed by atoms with Crippen molar-refractivity contribution in [3.8, 4) is 0 Å². The molecule has 0 spiro atoms. The number of sulfonamides is 1. The first kappa shape index (κ1) is 10.6. The Morgan fingerprint density at radius 1 is 1.62 bits per heavy atom. The lowest BCUT2D eigenvalue weighted by Crippen LogP contribution is -2.10. The largest absolute Gasteiger partial charge is 0.477 e. The highest BCUT2D eigenvalue weighted by molar-refractivity contribution is 9.10. The first-order valence-corrected chi connectivity index (χ1v) is 6.03. The van der Waals surface area contributed by atoms with Gasteiger partial charge in [0.05, 0.1) is 0 Å². The first-order chi connectivity index (χ1) is 5.82. The normalized spacial score (nSPS) is 11.5. The van der Waals surface area contributed by atoms with Gasteiger partial charge in [0.1, 0.15) is 9.09 Å². The Hall–Kier alpha value is -0.440. The molecule has 0 saturated heterocycles. The van der Waals surface area contributed by atoms with Gasteiger partial charge in [-0.05, 0) is 22.0 Å². The molecule has 1 heterocycles. The number of primary sulfonamides is 1. The summed E-state index contributed by atoms with van der Waals surface area (Å²) in [6, 6.07) is 1.20. The molecule has 3 N–H and O–H groups in total. The van der Waals surface area contributed by atoms with E-state index in [0.29, 0.717) is 11.3 Å². The maximum atomic E-state index is 10.9. The van der Waals surface area contributed by atoms with Crippen LogP contribution in [-0.2, 0) is 10.0 Å². The number of nitrogens with two attached hydrogens (primary N) is 1. The zero-order valence-electron chi connectivity index (χ0n) is 6.02. The maximum Gasteiger partial charge on any atom is 0.345 e. The summed E-state index contributed by atoms with van der Waals surface area (Å²) in [4.78, 5) is 10.4. The van der Waals surface area contributed by atoms with Crippen molar-refractivity contribution in [3.05, 3.63) is 15.4 Å². The molecule has 0 fully saturated rings. The second kappa shape index (κ2) is 3.37. The van der Waals surface area contributed by atoms with Gasteiger partial charge < -0.3 is 5.11 Å². The van der Waals surface area contributed by atoms with Crippen LogP contribution in [0.15, 0.2) is 14.7 Å². The molecule has 0 saturated carbocycles. The fourth-order valence-electron chi connectivity index (χ4n) is 0.651. The Labute approximate surface area is 86.4 Å². The average Bonchev–Trinajstić information content (AvgIpc) is 2.29. The van der Waals surface area contributed by atoms with Gasteiger partial charge in [0, 0.05) is 4.47 Å². The Morgan fingerprint density at radius 3 is 2.38 bits per heavy atom. The Morgan fingerprint density at radius 2 is 2.15 bits per heavy atom. The minimum atomic E-state index is -3.84. The van der Waals surface area contributed by atoms with E-state index in [1.54, 1.807) is 0 Å². The average molecular weight is 286 g/mol. The SMILES string of the molecule is NS(=O)(=O)c1sc(C(=O)O)cc1Br. The lowest BCUT2D eigenvalue weighted by molar-refractivity contribution is 0.0702. The molecule has 0 unspecified atom stereocenters. The first-order valence-electron chi connectivity index (χ1n) is 2.88. The van der Waals surface area contributed by atoms with Crippen LogP contribution in [0.1, 0.15) is 9.67 Å². The van der Waals surface area contributed by atoms with Crippen LogP contribution in [0.3, 0.4) is 0 Å². The highest BCUT2D eigenvalue weighted by Gasteiger charge is 2.19. The fraction of sp³-hybridized carbons (Fsp3) is 0. The molecule has 0 radical (unpaired) electrons. The van der Waals surface area contributed by atoms with Crippen molar-refractivity contribution in [3.63, 3.8) is 0 Å². The molecule has 0 aliphatic rings. The van der Waals surface area contributed by atoms with Gasteiger partial charge in [-0.3, -0.25) is 0 Å². The number of rotatable bonds is 2. The molecule has 0 amide bonds. The van der Waals surface area contributed by atoms with E-state index in [-0.39, 0.29) is 13.6 Å². The van der Waals surface area contributed by atoms with Crippen LogP contribution >= 0.6 is 27.3 Å². The number of carbonyl (C=O) groups is 1. The summed E-state index contributed by atoms with van der Waals surface area (Å²) in [6.45, 7) is 0. The highest BCUT2D eigenvalue weighted by Crippen LogP contribution is 2.30. The summed E-state index contributed by atoms with van der Waals surface area (Å²) >= 11 is 3.52. The molecule has 0 aromatic carbocycles. The van der Waals surface area contributed by atoms with Crippen molar-refractivity contribution in [1.82, 2.24) is 0 Å².